The molecule has 0 aliphatic heterocycles. The van der Waals surface area contributed by atoms with Crippen LogP contribution in [-0.4, -0.2) is 61.6 Å². The molecule has 1 amide bonds. The van der Waals surface area contributed by atoms with Gasteiger partial charge in [0, 0.05) is 31.5 Å². The zero-order valence-electron chi connectivity index (χ0n) is 16.9. The fourth-order valence-electron chi connectivity index (χ4n) is 2.77. The molecule has 0 spiro atoms. The largest absolute Gasteiger partial charge is 0.491 e. The van der Waals surface area contributed by atoms with E-state index in [2.05, 4.69) is 10.4 Å². The van der Waals surface area contributed by atoms with E-state index in [1.807, 2.05) is 55.7 Å². The standard InChI is InChI=1S/C20H30N4O3/c1-15-18(16(2)24(22-15)11-12-26-5)14-21-20(25)17-8-6-7-9-19(17)27-13-10-23(3)4/h6-9H,10-14H2,1-5H3,(H,21,25). The molecule has 0 aliphatic carbocycles. The summed E-state index contributed by atoms with van der Waals surface area (Å²) in [5, 5.41) is 7.52. The first-order chi connectivity index (χ1) is 12.9. The third-order valence-corrected chi connectivity index (χ3v) is 4.39. The highest BCUT2D eigenvalue weighted by molar-refractivity contribution is 5.96. The van der Waals surface area contributed by atoms with Gasteiger partial charge in [-0.15, -0.1) is 0 Å². The van der Waals surface area contributed by atoms with Gasteiger partial charge in [-0.2, -0.15) is 5.10 Å². The average Bonchev–Trinajstić information content (AvgIpc) is 2.91. The quantitative estimate of drug-likeness (QED) is 0.689. The molecule has 0 fully saturated rings. The molecule has 0 aliphatic rings. The monoisotopic (exact) mass is 374 g/mol. The minimum atomic E-state index is -0.154. The molecule has 1 heterocycles. The van der Waals surface area contributed by atoms with Crippen LogP contribution in [0.3, 0.4) is 0 Å². The first-order valence-corrected chi connectivity index (χ1v) is 9.10. The highest BCUT2D eigenvalue weighted by Crippen LogP contribution is 2.19. The number of hydrogen-bond donors (Lipinski definition) is 1. The van der Waals surface area contributed by atoms with Crippen molar-refractivity contribution in [1.29, 1.82) is 0 Å². The molecule has 0 radical (unpaired) electrons. The molecule has 1 aromatic carbocycles. The van der Waals surface area contributed by atoms with E-state index in [4.69, 9.17) is 9.47 Å². The highest BCUT2D eigenvalue weighted by Gasteiger charge is 2.15. The van der Waals surface area contributed by atoms with E-state index in [-0.39, 0.29) is 5.91 Å². The van der Waals surface area contributed by atoms with Crippen molar-refractivity contribution in [3.8, 4) is 5.75 Å². The van der Waals surface area contributed by atoms with E-state index >= 15 is 0 Å². The molecule has 27 heavy (non-hydrogen) atoms. The van der Waals surface area contributed by atoms with Crippen LogP contribution in [0.15, 0.2) is 24.3 Å². The zero-order chi connectivity index (χ0) is 19.8. The zero-order valence-corrected chi connectivity index (χ0v) is 16.9. The summed E-state index contributed by atoms with van der Waals surface area (Å²) in [6, 6.07) is 7.31. The van der Waals surface area contributed by atoms with Crippen LogP contribution in [0.25, 0.3) is 0 Å². The molecule has 0 bridgehead atoms. The van der Waals surface area contributed by atoms with E-state index in [1.165, 1.54) is 0 Å². The van der Waals surface area contributed by atoms with Gasteiger partial charge in [-0.05, 0) is 40.1 Å². The first-order valence-electron chi connectivity index (χ1n) is 9.10. The summed E-state index contributed by atoms with van der Waals surface area (Å²) in [7, 11) is 5.64. The van der Waals surface area contributed by atoms with E-state index in [9.17, 15) is 4.79 Å². The lowest BCUT2D eigenvalue weighted by Gasteiger charge is -2.14. The van der Waals surface area contributed by atoms with Crippen LogP contribution in [0.4, 0.5) is 0 Å². The Morgan fingerprint density at radius 3 is 2.67 bits per heavy atom. The van der Waals surface area contributed by atoms with E-state index < -0.39 is 0 Å². The molecule has 0 atom stereocenters. The minimum absolute atomic E-state index is 0.154. The van der Waals surface area contributed by atoms with Gasteiger partial charge in [0.15, 0.2) is 0 Å². The molecular weight excluding hydrogens is 344 g/mol. The average molecular weight is 374 g/mol. The van der Waals surface area contributed by atoms with Gasteiger partial charge in [-0.3, -0.25) is 9.48 Å². The normalized spacial score (nSPS) is 11.0. The Labute approximate surface area is 161 Å². The van der Waals surface area contributed by atoms with Crippen LogP contribution >= 0.6 is 0 Å². The van der Waals surface area contributed by atoms with Crippen LogP contribution in [0.2, 0.25) is 0 Å². The lowest BCUT2D eigenvalue weighted by atomic mass is 10.1. The second kappa shape index (κ2) is 10.1. The fraction of sp³-hybridized carbons (Fsp3) is 0.500. The number of likely N-dealkylation sites (N-methyl/N-ethyl adjacent to an activating group) is 1. The van der Waals surface area contributed by atoms with Gasteiger partial charge in [0.2, 0.25) is 0 Å². The van der Waals surface area contributed by atoms with Gasteiger partial charge in [0.1, 0.15) is 12.4 Å². The molecule has 7 heteroatoms. The molecule has 0 saturated heterocycles. The van der Waals surface area contributed by atoms with Crippen LogP contribution in [0, 0.1) is 13.8 Å². The molecule has 7 nitrogen and oxygen atoms in total. The summed E-state index contributed by atoms with van der Waals surface area (Å²) in [6.45, 7) is 7.00. The van der Waals surface area contributed by atoms with Gasteiger partial charge in [-0.25, -0.2) is 0 Å². The lowest BCUT2D eigenvalue weighted by Crippen LogP contribution is -2.25. The Morgan fingerprint density at radius 1 is 1.22 bits per heavy atom. The Morgan fingerprint density at radius 2 is 1.96 bits per heavy atom. The molecule has 2 rings (SSSR count). The molecule has 1 aromatic heterocycles. The van der Waals surface area contributed by atoms with E-state index in [1.54, 1.807) is 13.2 Å². The topological polar surface area (TPSA) is 68.6 Å². The summed E-state index contributed by atoms with van der Waals surface area (Å²) in [4.78, 5) is 14.7. The van der Waals surface area contributed by atoms with Crippen molar-refractivity contribution in [2.24, 2.45) is 0 Å². The number of aryl methyl sites for hydroxylation is 1. The summed E-state index contributed by atoms with van der Waals surface area (Å²) >= 11 is 0. The second-order valence-electron chi connectivity index (χ2n) is 6.70. The van der Waals surface area contributed by atoms with Crippen LogP contribution in [0.5, 0.6) is 5.75 Å². The van der Waals surface area contributed by atoms with E-state index in [0.29, 0.717) is 37.6 Å². The van der Waals surface area contributed by atoms with Gasteiger partial charge in [0.05, 0.1) is 24.4 Å². The Balaban J connectivity index is 2.03. The van der Waals surface area contributed by atoms with Crippen molar-refractivity contribution < 1.29 is 14.3 Å². The predicted molar refractivity (Wildman–Crippen MR) is 105 cm³/mol. The predicted octanol–water partition coefficient (Wildman–Crippen LogP) is 2.02. The van der Waals surface area contributed by atoms with Gasteiger partial charge in [-0.1, -0.05) is 12.1 Å². The Hall–Kier alpha value is -2.38. The van der Waals surface area contributed by atoms with Crippen molar-refractivity contribution in [2.75, 3.05) is 41.0 Å². The maximum atomic E-state index is 12.7. The maximum Gasteiger partial charge on any atom is 0.255 e. The minimum Gasteiger partial charge on any atom is -0.491 e. The second-order valence-corrected chi connectivity index (χ2v) is 6.70. The molecule has 0 unspecified atom stereocenters. The number of hydrogen-bond acceptors (Lipinski definition) is 5. The Kier molecular flexibility index (Phi) is 7.82. The number of nitrogens with zero attached hydrogens (tertiary/aromatic N) is 3. The van der Waals surface area contributed by atoms with Gasteiger partial charge < -0.3 is 19.7 Å². The number of methoxy groups -OCH3 is 1. The van der Waals surface area contributed by atoms with E-state index in [0.717, 1.165) is 23.5 Å². The Bertz CT molecular complexity index is 756. The fourth-order valence-corrected chi connectivity index (χ4v) is 2.77. The number of nitrogens with one attached hydrogen (secondary N) is 1. The first kappa shape index (κ1) is 20.9. The summed E-state index contributed by atoms with van der Waals surface area (Å²) in [5.41, 5.74) is 3.53. The van der Waals surface area contributed by atoms with Crippen LogP contribution in [0.1, 0.15) is 27.3 Å². The van der Waals surface area contributed by atoms with Gasteiger partial charge >= 0.3 is 0 Å². The number of amides is 1. The highest BCUT2D eigenvalue weighted by atomic mass is 16.5. The van der Waals surface area contributed by atoms with Crippen LogP contribution in [-0.2, 0) is 17.8 Å². The SMILES string of the molecule is COCCn1nc(C)c(CNC(=O)c2ccccc2OCCN(C)C)c1C. The van der Waals surface area contributed by atoms with Crippen molar-refractivity contribution >= 4 is 5.91 Å². The molecule has 2 aromatic rings. The number of para-hydroxylation sites is 1. The molecular formula is C20H30N4O3. The summed E-state index contributed by atoms with van der Waals surface area (Å²) in [5.74, 6) is 0.444. The smallest absolute Gasteiger partial charge is 0.255 e. The van der Waals surface area contributed by atoms with Crippen LogP contribution < -0.4 is 10.1 Å². The molecule has 1 N–H and O–H groups in total. The number of ether oxygens (including phenoxy) is 2. The van der Waals surface area contributed by atoms with Gasteiger partial charge in [0.25, 0.3) is 5.91 Å². The summed E-state index contributed by atoms with van der Waals surface area (Å²) in [6.07, 6.45) is 0. The van der Waals surface area contributed by atoms with Crippen molar-refractivity contribution in [3.63, 3.8) is 0 Å². The van der Waals surface area contributed by atoms with Crippen molar-refractivity contribution in [3.05, 3.63) is 46.8 Å². The molecule has 148 valence electrons. The molecule has 0 saturated carbocycles. The lowest BCUT2D eigenvalue weighted by molar-refractivity contribution is 0.0946. The number of rotatable bonds is 10. The third-order valence-electron chi connectivity index (χ3n) is 4.39. The maximum absolute atomic E-state index is 12.7. The summed E-state index contributed by atoms with van der Waals surface area (Å²) < 4.78 is 12.8. The number of benzene rings is 1. The third kappa shape index (κ3) is 5.80. The van der Waals surface area contributed by atoms with Crippen molar-refractivity contribution in [2.45, 2.75) is 26.9 Å². The van der Waals surface area contributed by atoms with Crippen molar-refractivity contribution in [1.82, 2.24) is 20.0 Å². The number of aromatic nitrogens is 2. The number of carbonyl (C=O) groups is 1. The number of carbonyl (C=O) groups excluding carboxylic acids is 1.